The lowest BCUT2D eigenvalue weighted by Gasteiger charge is -2.39. The van der Waals surface area contributed by atoms with Crippen LogP contribution in [0.1, 0.15) is 49.3 Å². The van der Waals surface area contributed by atoms with Gasteiger partial charge in [-0.1, -0.05) is 109 Å². The van der Waals surface area contributed by atoms with Gasteiger partial charge in [0.1, 0.15) is 11.5 Å². The van der Waals surface area contributed by atoms with Crippen LogP contribution in [0.3, 0.4) is 0 Å². The van der Waals surface area contributed by atoms with E-state index in [0.717, 1.165) is 96.1 Å². The molecule has 8 aromatic rings. The van der Waals surface area contributed by atoms with Crippen LogP contribution in [0.15, 0.2) is 151 Å². The summed E-state index contributed by atoms with van der Waals surface area (Å²) in [5.41, 5.74) is 18.4. The number of carbonyl (C=O) groups excluding carboxylic acids is 1. The Hall–Kier alpha value is -7.38. The van der Waals surface area contributed by atoms with Gasteiger partial charge in [-0.15, -0.1) is 0 Å². The highest BCUT2D eigenvalue weighted by molar-refractivity contribution is 6.20. The van der Waals surface area contributed by atoms with Gasteiger partial charge in [-0.25, -0.2) is 0 Å². The molecule has 0 saturated carbocycles. The van der Waals surface area contributed by atoms with Gasteiger partial charge in [0, 0.05) is 51.3 Å². The summed E-state index contributed by atoms with van der Waals surface area (Å²) >= 11 is 0. The molecule has 4 aliphatic rings. The Morgan fingerprint density at radius 1 is 0.750 bits per heavy atom. The van der Waals surface area contributed by atoms with Crippen molar-refractivity contribution in [3.05, 3.63) is 201 Å². The van der Waals surface area contributed by atoms with E-state index in [1.54, 1.807) is 13.2 Å². The van der Waals surface area contributed by atoms with Crippen LogP contribution in [0.5, 0.6) is 11.5 Å². The average molecular weight is 781 g/mol. The standard InChI is InChI=1S/C52H36N4O4/c1-58-37-20-22-38-41(30-37)49-40(23-24-51(60-49,34-9-3-2-4-10-34)35-16-18-36(19-17-35)56-25-27-59-28-26-56)48-47(38)39-21-15-33(50(57)54-55-53)29-44(39)52(48)42-11-5-7-31-13-14-32-8-6-12-43(52)46(32)45(31)42/h2-24,29-30H,25-28H2,1H3. The molecule has 0 bridgehead atoms. The third-order valence-electron chi connectivity index (χ3n) is 13.3. The maximum Gasteiger partial charge on any atom is 0.249 e. The van der Waals surface area contributed by atoms with E-state index in [1.807, 2.05) is 24.3 Å². The topological polar surface area (TPSA) is 96.8 Å². The summed E-state index contributed by atoms with van der Waals surface area (Å²) in [5, 5.41) is 10.1. The molecule has 0 radical (unpaired) electrons. The molecule has 1 fully saturated rings. The zero-order valence-electron chi connectivity index (χ0n) is 32.7. The second-order valence-electron chi connectivity index (χ2n) is 16.0. The minimum Gasteiger partial charge on any atom is -0.497 e. The van der Waals surface area contributed by atoms with Crippen molar-refractivity contribution in [1.29, 1.82) is 0 Å². The number of hydrogen-bond donors (Lipinski definition) is 0. The van der Waals surface area contributed by atoms with Gasteiger partial charge in [0.05, 0.1) is 25.7 Å². The molecule has 8 heteroatoms. The molecule has 8 aromatic carbocycles. The number of rotatable bonds is 5. The smallest absolute Gasteiger partial charge is 0.249 e. The van der Waals surface area contributed by atoms with E-state index in [2.05, 4.69) is 136 Å². The molecule has 2 aliphatic carbocycles. The van der Waals surface area contributed by atoms with Crippen molar-refractivity contribution in [1.82, 2.24) is 0 Å². The number of hydrogen-bond acceptors (Lipinski definition) is 5. The van der Waals surface area contributed by atoms with Crippen LogP contribution < -0.4 is 14.4 Å². The van der Waals surface area contributed by atoms with Gasteiger partial charge in [0.25, 0.3) is 0 Å². The van der Waals surface area contributed by atoms with Crippen molar-refractivity contribution >= 4 is 50.0 Å². The lowest BCUT2D eigenvalue weighted by molar-refractivity contribution is 0.1000. The summed E-state index contributed by atoms with van der Waals surface area (Å²) in [6.45, 7) is 3.12. The second kappa shape index (κ2) is 12.8. The van der Waals surface area contributed by atoms with E-state index in [0.29, 0.717) is 24.5 Å². The van der Waals surface area contributed by atoms with Crippen LogP contribution in [0, 0.1) is 0 Å². The lowest BCUT2D eigenvalue weighted by atomic mass is 9.67. The molecular formula is C52H36N4O4. The molecule has 1 amide bonds. The molecule has 2 aliphatic heterocycles. The molecule has 1 saturated heterocycles. The highest BCUT2D eigenvalue weighted by Crippen LogP contribution is 2.66. The Kier molecular flexibility index (Phi) is 7.40. The van der Waals surface area contributed by atoms with Crippen LogP contribution in [-0.4, -0.2) is 39.3 Å². The first-order valence-corrected chi connectivity index (χ1v) is 20.3. The Bertz CT molecular complexity index is 3170. The number of fused-ring (bicyclic) bond motifs is 12. The summed E-state index contributed by atoms with van der Waals surface area (Å²) in [4.78, 5) is 18.6. The van der Waals surface area contributed by atoms with Crippen molar-refractivity contribution in [2.75, 3.05) is 38.3 Å². The van der Waals surface area contributed by atoms with Crippen LogP contribution in [0.25, 0.3) is 60.0 Å². The molecule has 288 valence electrons. The second-order valence-corrected chi connectivity index (χ2v) is 16.0. The van der Waals surface area contributed by atoms with E-state index < -0.39 is 16.9 Å². The van der Waals surface area contributed by atoms with Crippen molar-refractivity contribution < 1.29 is 19.0 Å². The number of methoxy groups -OCH3 is 1. The fourth-order valence-corrected chi connectivity index (χ4v) is 10.7. The fraction of sp³-hybridized carbons (Fsp3) is 0.135. The number of nitrogens with zero attached hydrogens (tertiary/aromatic N) is 4. The molecule has 1 unspecified atom stereocenters. The molecule has 8 nitrogen and oxygen atoms in total. The summed E-state index contributed by atoms with van der Waals surface area (Å²) in [6, 6.07) is 48.7. The van der Waals surface area contributed by atoms with Crippen molar-refractivity contribution in [3.63, 3.8) is 0 Å². The number of morpholine rings is 1. The third kappa shape index (κ3) is 4.54. The first kappa shape index (κ1) is 34.6. The quantitative estimate of drug-likeness (QED) is 0.0750. The molecular weight excluding hydrogens is 745 g/mol. The first-order valence-electron chi connectivity index (χ1n) is 20.3. The average Bonchev–Trinajstić information content (AvgIpc) is 3.79. The van der Waals surface area contributed by atoms with Gasteiger partial charge in [-0.2, -0.15) is 0 Å². The SMILES string of the molecule is COc1ccc2c3c(c4c(c2c1)OC(c1ccccc1)(c1ccc(N2CCOCC2)cc1)C=C4)C1(c2cc(C(=O)N=[N+]=[N-])ccc2-3)c2cccc3ccc4cccc1c4c23. The minimum atomic E-state index is -0.978. The molecule has 1 spiro atoms. The largest absolute Gasteiger partial charge is 0.497 e. The fourth-order valence-electron chi connectivity index (χ4n) is 10.7. The summed E-state index contributed by atoms with van der Waals surface area (Å²) in [5.74, 6) is 0.846. The van der Waals surface area contributed by atoms with Crippen molar-refractivity contribution in [2.24, 2.45) is 5.11 Å². The monoisotopic (exact) mass is 780 g/mol. The van der Waals surface area contributed by atoms with E-state index in [1.165, 1.54) is 10.8 Å². The first-order chi connectivity index (χ1) is 29.5. The van der Waals surface area contributed by atoms with Crippen LogP contribution in [0.4, 0.5) is 5.69 Å². The van der Waals surface area contributed by atoms with Gasteiger partial charge in [-0.3, -0.25) is 4.79 Å². The predicted molar refractivity (Wildman–Crippen MR) is 236 cm³/mol. The molecule has 2 heterocycles. The Morgan fingerprint density at radius 2 is 1.47 bits per heavy atom. The normalized spacial score (nSPS) is 17.7. The molecule has 12 rings (SSSR count). The Morgan fingerprint density at radius 3 is 2.17 bits per heavy atom. The number of ether oxygens (including phenoxy) is 3. The van der Waals surface area contributed by atoms with E-state index in [4.69, 9.17) is 14.2 Å². The zero-order valence-corrected chi connectivity index (χ0v) is 32.7. The number of amides is 1. The maximum absolute atomic E-state index is 13.4. The van der Waals surface area contributed by atoms with Gasteiger partial charge < -0.3 is 19.1 Å². The maximum atomic E-state index is 13.4. The molecule has 60 heavy (non-hydrogen) atoms. The molecule has 0 N–H and O–H groups in total. The highest BCUT2D eigenvalue weighted by atomic mass is 16.5. The van der Waals surface area contributed by atoms with Gasteiger partial charge in [0.2, 0.25) is 5.91 Å². The Labute approximate surface area is 345 Å². The van der Waals surface area contributed by atoms with Gasteiger partial charge >= 0.3 is 0 Å². The summed E-state index contributed by atoms with van der Waals surface area (Å²) in [7, 11) is 1.69. The molecule has 0 aromatic heterocycles. The van der Waals surface area contributed by atoms with E-state index in [9.17, 15) is 10.3 Å². The minimum absolute atomic E-state index is 0.337. The van der Waals surface area contributed by atoms with Crippen LogP contribution >= 0.6 is 0 Å². The number of benzene rings is 8. The number of carbonyl (C=O) groups is 1. The predicted octanol–water partition coefficient (Wildman–Crippen LogP) is 11.5. The highest BCUT2D eigenvalue weighted by Gasteiger charge is 2.54. The lowest BCUT2D eigenvalue weighted by Crippen LogP contribution is -2.37. The molecule has 1 atom stereocenters. The van der Waals surface area contributed by atoms with Crippen LogP contribution in [0.2, 0.25) is 0 Å². The van der Waals surface area contributed by atoms with Gasteiger partial charge in [-0.05, 0) is 113 Å². The van der Waals surface area contributed by atoms with Crippen LogP contribution in [-0.2, 0) is 15.8 Å². The van der Waals surface area contributed by atoms with Gasteiger partial charge in [0.15, 0.2) is 5.60 Å². The zero-order chi connectivity index (χ0) is 40.2. The Balaban J connectivity index is 1.19. The number of anilines is 1. The van der Waals surface area contributed by atoms with Crippen molar-refractivity contribution in [3.8, 4) is 22.6 Å². The third-order valence-corrected chi connectivity index (χ3v) is 13.3. The van der Waals surface area contributed by atoms with E-state index >= 15 is 0 Å². The van der Waals surface area contributed by atoms with E-state index in [-0.39, 0.29) is 0 Å². The summed E-state index contributed by atoms with van der Waals surface area (Å²) < 4.78 is 19.3. The van der Waals surface area contributed by atoms with Crippen molar-refractivity contribution in [2.45, 2.75) is 11.0 Å². The summed E-state index contributed by atoms with van der Waals surface area (Å²) in [6.07, 6.45) is 4.49. The number of azide groups is 1.